The summed E-state index contributed by atoms with van der Waals surface area (Å²) in [5.74, 6) is -0.910. The summed E-state index contributed by atoms with van der Waals surface area (Å²) in [6, 6.07) is 0.0671. The number of anilines is 1. The molecule has 0 aliphatic heterocycles. The molecule has 2 rings (SSSR count). The predicted molar refractivity (Wildman–Crippen MR) is 183 cm³/mol. The van der Waals surface area contributed by atoms with Gasteiger partial charge in [0.2, 0.25) is 5.95 Å². The smallest absolute Gasteiger partial charge is 0.325 e. The third-order valence-electron chi connectivity index (χ3n) is 7.42. The number of nitrogens with one attached hydrogen (secondary N) is 3. The van der Waals surface area contributed by atoms with Crippen LogP contribution in [0.2, 0.25) is 0 Å². The second-order valence-electron chi connectivity index (χ2n) is 11.5. The minimum absolute atomic E-state index is 0.0473. The number of alkyl halides is 1. The lowest BCUT2D eigenvalue weighted by molar-refractivity contribution is -0.147. The van der Waals surface area contributed by atoms with Crippen molar-refractivity contribution in [1.82, 2.24) is 24.7 Å². The fraction of sp³-hybridized carbons (Fsp3) is 0.750. The molecule has 47 heavy (non-hydrogen) atoms. The van der Waals surface area contributed by atoms with Crippen LogP contribution in [0.1, 0.15) is 91.9 Å². The molecule has 0 saturated heterocycles. The molecule has 0 radical (unpaired) electrons. The van der Waals surface area contributed by atoms with Gasteiger partial charge in [-0.25, -0.2) is 4.39 Å². The third-order valence-corrected chi connectivity index (χ3v) is 9.07. The first-order valence-corrected chi connectivity index (χ1v) is 18.5. The molecule has 268 valence electrons. The summed E-state index contributed by atoms with van der Waals surface area (Å²) in [4.78, 5) is 45.1. The van der Waals surface area contributed by atoms with Crippen LogP contribution in [0.5, 0.6) is 0 Å². The first kappa shape index (κ1) is 40.5. The number of esters is 2. The number of fused-ring (bicyclic) bond motifs is 1. The van der Waals surface area contributed by atoms with E-state index in [1.165, 1.54) is 0 Å². The number of hydrogen-bond donors (Lipinski definition) is 4. The zero-order valence-corrected chi connectivity index (χ0v) is 29.5. The van der Waals surface area contributed by atoms with Gasteiger partial charge in [0, 0.05) is 12.8 Å². The molecule has 13 nitrogen and oxygen atoms in total. The number of rotatable bonds is 27. The maximum atomic E-state index is 14.3. The van der Waals surface area contributed by atoms with Crippen molar-refractivity contribution in [2.24, 2.45) is 0 Å². The number of carbonyl (C=O) groups excluding carboxylic acids is 2. The van der Waals surface area contributed by atoms with Crippen LogP contribution >= 0.6 is 8.22 Å². The SMILES string of the molecule is CCCCCOCC(NP(COC(CF)Cn1ccc2c(=O)[nH]c(N)nc21)NC(CC)C(=O)OCCCCC)C(=O)OCCCCC. The summed E-state index contributed by atoms with van der Waals surface area (Å²) in [7, 11) is -1.60. The maximum absolute atomic E-state index is 14.3. The first-order valence-electron chi connectivity index (χ1n) is 17.0. The van der Waals surface area contributed by atoms with E-state index in [1.54, 1.807) is 16.8 Å². The van der Waals surface area contributed by atoms with E-state index in [4.69, 9.17) is 24.7 Å². The van der Waals surface area contributed by atoms with Crippen molar-refractivity contribution < 1.29 is 32.9 Å². The Hall–Kier alpha value is -2.64. The average Bonchev–Trinajstić information content (AvgIpc) is 3.46. The molecule has 0 saturated carbocycles. The lowest BCUT2D eigenvalue weighted by Gasteiger charge is -2.29. The zero-order valence-electron chi connectivity index (χ0n) is 28.6. The standard InChI is InChI=1S/C32H56FN6O7P/c1-5-9-12-17-43-22-27(31(42)45-19-14-11-7-3)38-47(37-26(8-4)30(41)44-18-13-10-6-2)23-46-24(20-33)21-39-16-15-25-28(39)35-32(34)36-29(25)40/h15-16,24,26-27,37-38H,5-14,17-23H2,1-4H3,(H3,34,35,36,40). The number of unbranched alkanes of at least 4 members (excludes halogenated alkanes) is 6. The van der Waals surface area contributed by atoms with Gasteiger partial charge in [0.15, 0.2) is 0 Å². The van der Waals surface area contributed by atoms with Gasteiger partial charge < -0.3 is 29.2 Å². The van der Waals surface area contributed by atoms with Crippen molar-refractivity contribution in [3.8, 4) is 0 Å². The number of nitrogens with two attached hydrogens (primary N) is 1. The number of hydrogen-bond acceptors (Lipinski definition) is 11. The predicted octanol–water partition coefficient (Wildman–Crippen LogP) is 4.93. The second kappa shape index (κ2) is 23.6. The van der Waals surface area contributed by atoms with Crippen molar-refractivity contribution in [2.75, 3.05) is 45.2 Å². The molecule has 2 heterocycles. The van der Waals surface area contributed by atoms with Gasteiger partial charge >= 0.3 is 11.9 Å². The van der Waals surface area contributed by atoms with Crippen LogP contribution in [0.3, 0.4) is 0 Å². The van der Waals surface area contributed by atoms with Crippen molar-refractivity contribution >= 4 is 37.1 Å². The number of carbonyl (C=O) groups is 2. The Bertz CT molecular complexity index is 1230. The third kappa shape index (κ3) is 15.0. The number of halogens is 1. The lowest BCUT2D eigenvalue weighted by atomic mass is 10.2. The molecule has 0 amide bonds. The normalized spacial score (nSPS) is 14.1. The molecule has 2 aromatic rings. The highest BCUT2D eigenvalue weighted by molar-refractivity contribution is 7.53. The number of H-pyrrole nitrogens is 1. The molecule has 4 atom stereocenters. The molecule has 2 aromatic heterocycles. The van der Waals surface area contributed by atoms with Crippen molar-refractivity contribution in [3.63, 3.8) is 0 Å². The van der Waals surface area contributed by atoms with Crippen LogP contribution in [-0.2, 0) is 35.1 Å². The van der Waals surface area contributed by atoms with E-state index in [0.29, 0.717) is 37.3 Å². The summed E-state index contributed by atoms with van der Waals surface area (Å²) in [6.45, 7) is 8.51. The maximum Gasteiger partial charge on any atom is 0.325 e. The second-order valence-corrected chi connectivity index (χ2v) is 13.1. The minimum Gasteiger partial charge on any atom is -0.465 e. The molecule has 0 bridgehead atoms. The Morgan fingerprint density at radius 2 is 1.55 bits per heavy atom. The van der Waals surface area contributed by atoms with Crippen molar-refractivity contribution in [1.29, 1.82) is 0 Å². The van der Waals surface area contributed by atoms with Gasteiger partial charge in [0.1, 0.15) is 30.5 Å². The van der Waals surface area contributed by atoms with Crippen LogP contribution in [0.25, 0.3) is 11.0 Å². The highest BCUT2D eigenvalue weighted by atomic mass is 31.1. The Kier molecular flexibility index (Phi) is 20.4. The van der Waals surface area contributed by atoms with Gasteiger partial charge in [0.05, 0.1) is 46.3 Å². The fourth-order valence-electron chi connectivity index (χ4n) is 4.65. The molecule has 0 aromatic carbocycles. The number of nitrogen functional groups attached to an aromatic ring is 1. The van der Waals surface area contributed by atoms with Gasteiger partial charge in [-0.3, -0.25) is 29.5 Å². The van der Waals surface area contributed by atoms with E-state index in [2.05, 4.69) is 40.9 Å². The Balaban J connectivity index is 2.22. The largest absolute Gasteiger partial charge is 0.465 e. The molecule has 15 heteroatoms. The molecule has 0 fully saturated rings. The summed E-state index contributed by atoms with van der Waals surface area (Å²) in [6.07, 6.45) is 9.42. The molecule has 5 N–H and O–H groups in total. The van der Waals surface area contributed by atoms with Crippen molar-refractivity contribution in [2.45, 2.75) is 117 Å². The van der Waals surface area contributed by atoms with E-state index in [9.17, 15) is 18.8 Å². The molecular formula is C32H56FN6O7P. The summed E-state index contributed by atoms with van der Waals surface area (Å²) in [5, 5.41) is 6.89. The monoisotopic (exact) mass is 686 g/mol. The van der Waals surface area contributed by atoms with Crippen LogP contribution in [-0.4, -0.2) is 84.1 Å². The number of aromatic nitrogens is 3. The topological polar surface area (TPSA) is 172 Å². The summed E-state index contributed by atoms with van der Waals surface area (Å²) in [5.41, 5.74) is 5.66. The van der Waals surface area contributed by atoms with Crippen LogP contribution in [0.15, 0.2) is 17.1 Å². The summed E-state index contributed by atoms with van der Waals surface area (Å²) >= 11 is 0. The van der Waals surface area contributed by atoms with E-state index in [1.807, 2.05) is 6.92 Å². The van der Waals surface area contributed by atoms with Gasteiger partial charge in [-0.1, -0.05) is 66.2 Å². The Morgan fingerprint density at radius 3 is 2.15 bits per heavy atom. The van der Waals surface area contributed by atoms with Crippen LogP contribution < -0.4 is 21.5 Å². The van der Waals surface area contributed by atoms with E-state index in [0.717, 1.165) is 57.8 Å². The fourth-order valence-corrected chi connectivity index (χ4v) is 6.45. The summed E-state index contributed by atoms with van der Waals surface area (Å²) < 4.78 is 38.9. The quantitative estimate of drug-likeness (QED) is 0.0571. The molecule has 4 unspecified atom stereocenters. The van der Waals surface area contributed by atoms with Crippen molar-refractivity contribution in [3.05, 3.63) is 22.6 Å². The van der Waals surface area contributed by atoms with Gasteiger partial charge in [-0.2, -0.15) is 4.98 Å². The van der Waals surface area contributed by atoms with E-state index in [-0.39, 0.29) is 25.4 Å². The van der Waals surface area contributed by atoms with Gasteiger partial charge in [-0.05, 0) is 31.7 Å². The average molecular weight is 687 g/mol. The lowest BCUT2D eigenvalue weighted by Crippen LogP contribution is -2.45. The van der Waals surface area contributed by atoms with E-state index < -0.39 is 50.6 Å². The molecule has 0 aliphatic carbocycles. The number of nitrogens with zero attached hydrogens (tertiary/aromatic N) is 2. The van der Waals surface area contributed by atoms with Gasteiger partial charge in [0.25, 0.3) is 5.56 Å². The minimum atomic E-state index is -1.60. The first-order chi connectivity index (χ1) is 22.8. The van der Waals surface area contributed by atoms with E-state index >= 15 is 0 Å². The van der Waals surface area contributed by atoms with Crippen LogP contribution in [0, 0.1) is 0 Å². The number of ether oxygens (including phenoxy) is 4. The molecule has 0 aliphatic rings. The van der Waals surface area contributed by atoms with Crippen LogP contribution in [0.4, 0.5) is 10.3 Å². The molecular weight excluding hydrogens is 630 g/mol. The molecule has 0 spiro atoms. The number of aromatic amines is 1. The zero-order chi connectivity index (χ0) is 34.4. The highest BCUT2D eigenvalue weighted by Gasteiger charge is 2.29. The Morgan fingerprint density at radius 1 is 0.957 bits per heavy atom. The Labute approximate surface area is 279 Å². The van der Waals surface area contributed by atoms with Gasteiger partial charge in [-0.15, -0.1) is 0 Å². The highest BCUT2D eigenvalue weighted by Crippen LogP contribution is 2.30.